The van der Waals surface area contributed by atoms with Crippen LogP contribution in [-0.2, 0) is 20.9 Å². The van der Waals surface area contributed by atoms with Crippen LogP contribution in [-0.4, -0.2) is 63.0 Å². The fraction of sp³-hybridized carbons (Fsp3) is 0.385. The van der Waals surface area contributed by atoms with Crippen LogP contribution >= 0.6 is 58.5 Å². The van der Waals surface area contributed by atoms with Crippen molar-refractivity contribution < 1.29 is 24.1 Å². The summed E-state index contributed by atoms with van der Waals surface area (Å²) in [5.41, 5.74) is 8.59. The molecule has 1 fully saturated rings. The van der Waals surface area contributed by atoms with Crippen molar-refractivity contribution in [2.24, 2.45) is 5.73 Å². The maximum atomic E-state index is 13.0. The van der Waals surface area contributed by atoms with Gasteiger partial charge >= 0.3 is 5.97 Å². The Labute approximate surface area is 250 Å². The van der Waals surface area contributed by atoms with Crippen LogP contribution in [0, 0.1) is 13.8 Å². The zero-order valence-corrected chi connectivity index (χ0v) is 25.4. The molecule has 0 aliphatic carbocycles. The fourth-order valence-corrected chi connectivity index (χ4v) is 8.35. The number of rotatable bonds is 11. The highest BCUT2D eigenvalue weighted by Gasteiger charge is 2.54. The van der Waals surface area contributed by atoms with Gasteiger partial charge < -0.3 is 16.2 Å². The molecule has 2 atom stereocenters. The highest BCUT2D eigenvalue weighted by atomic mass is 35.5. The molecule has 13 heteroatoms. The predicted octanol–water partition coefficient (Wildman–Crippen LogP) is 3.87. The number of halogens is 2. The monoisotopic (exact) mass is 627 g/mol. The second kappa shape index (κ2) is 13.2. The number of nitrogens with one attached hydrogen (secondary N) is 1. The highest BCUT2D eigenvalue weighted by Crippen LogP contribution is 2.41. The van der Waals surface area contributed by atoms with Crippen LogP contribution in [0.1, 0.15) is 17.8 Å². The average molecular weight is 629 g/mol. The summed E-state index contributed by atoms with van der Waals surface area (Å²) in [5.74, 6) is -0.935. The summed E-state index contributed by atoms with van der Waals surface area (Å²) in [6, 6.07) is 8.40. The van der Waals surface area contributed by atoms with Gasteiger partial charge in [-0.3, -0.25) is 14.5 Å². The van der Waals surface area contributed by atoms with Crippen molar-refractivity contribution >= 4 is 76.3 Å². The topological polar surface area (TPSA) is 117 Å². The number of β-lactam (4-membered cyclic amide) rings is 1. The van der Waals surface area contributed by atoms with E-state index in [1.807, 2.05) is 13.8 Å². The zero-order valence-electron chi connectivity index (χ0n) is 21.4. The van der Waals surface area contributed by atoms with Crippen molar-refractivity contribution in [1.82, 2.24) is 10.2 Å². The van der Waals surface area contributed by atoms with E-state index in [9.17, 15) is 19.5 Å². The molecule has 4 rings (SSSR count). The Bertz CT molecular complexity index is 1320. The Morgan fingerprint density at radius 3 is 2.59 bits per heavy atom. The van der Waals surface area contributed by atoms with Crippen LogP contribution in [0.2, 0.25) is 10.0 Å². The maximum absolute atomic E-state index is 13.0. The summed E-state index contributed by atoms with van der Waals surface area (Å²) in [5, 5.41) is 13.3. The normalized spacial score (nSPS) is 18.6. The molecule has 2 amide bonds. The number of aryl methyl sites for hydroxylation is 2. The molecule has 0 bridgehead atoms. The molecule has 0 spiro atoms. The number of hydrogen-bond donors (Lipinski definition) is 3. The number of thioether (sulfide) groups is 3. The molecule has 0 saturated carbocycles. The number of fused-ring (bicyclic) bond motifs is 1. The number of carbonyl (C=O) groups excluding carboxylic acids is 2. The van der Waals surface area contributed by atoms with Gasteiger partial charge in [0.25, 0.3) is 5.91 Å². The van der Waals surface area contributed by atoms with E-state index in [1.54, 1.807) is 30.0 Å². The summed E-state index contributed by atoms with van der Waals surface area (Å²) in [7, 11) is 0. The first kappa shape index (κ1) is 30.1. The number of nitrogens with two attached hydrogens (primary N) is 1. The smallest absolute Gasteiger partial charge is 0.352 e. The minimum Gasteiger partial charge on any atom is -0.477 e. The Balaban J connectivity index is 1.39. The molecule has 39 heavy (non-hydrogen) atoms. The molecule has 1 aromatic heterocycles. The van der Waals surface area contributed by atoms with Crippen molar-refractivity contribution in [1.29, 1.82) is 0 Å². The van der Waals surface area contributed by atoms with Crippen LogP contribution in [0.25, 0.3) is 0 Å². The summed E-state index contributed by atoms with van der Waals surface area (Å²) in [4.78, 5) is 40.8. The molecule has 2 aliphatic heterocycles. The van der Waals surface area contributed by atoms with Crippen molar-refractivity contribution in [3.05, 3.63) is 63.0 Å². The van der Waals surface area contributed by atoms with Crippen molar-refractivity contribution in [2.75, 3.05) is 23.8 Å². The third-order valence-corrected chi connectivity index (χ3v) is 10.5. The molecule has 4 N–H and O–H groups in total. The Hall–Kier alpha value is -1.89. The lowest BCUT2D eigenvalue weighted by Crippen LogP contribution is -2.70. The van der Waals surface area contributed by atoms with Gasteiger partial charge in [0, 0.05) is 58.7 Å². The molecule has 8 nitrogen and oxygen atoms in total. The number of carboxylic acids is 1. The van der Waals surface area contributed by atoms with Gasteiger partial charge in [0.2, 0.25) is 5.91 Å². The third kappa shape index (κ3) is 6.89. The predicted molar refractivity (Wildman–Crippen MR) is 157 cm³/mol. The van der Waals surface area contributed by atoms with E-state index in [1.165, 1.54) is 28.4 Å². The maximum Gasteiger partial charge on any atom is 0.352 e. The van der Waals surface area contributed by atoms with Gasteiger partial charge in [-0.2, -0.15) is 0 Å². The van der Waals surface area contributed by atoms with E-state index in [0.717, 1.165) is 29.2 Å². The lowest BCUT2D eigenvalue weighted by Gasteiger charge is -2.49. The number of pyridine rings is 1. The highest BCUT2D eigenvalue weighted by molar-refractivity contribution is 8.01. The number of benzene rings is 1. The Morgan fingerprint density at radius 2 is 1.92 bits per heavy atom. The summed E-state index contributed by atoms with van der Waals surface area (Å²) >= 11 is 16.4. The molecule has 1 aromatic carbocycles. The second-order valence-electron chi connectivity index (χ2n) is 9.13. The number of hydrogen-bond acceptors (Lipinski definition) is 7. The zero-order chi connectivity index (χ0) is 28.3. The van der Waals surface area contributed by atoms with Gasteiger partial charge in [-0.1, -0.05) is 23.2 Å². The van der Waals surface area contributed by atoms with E-state index < -0.39 is 23.3 Å². The molecule has 208 valence electrons. The number of carboxylic acid groups (broad SMARTS) is 1. The van der Waals surface area contributed by atoms with Gasteiger partial charge in [0.05, 0.1) is 10.8 Å². The quantitative estimate of drug-likeness (QED) is 0.195. The number of carbonyl (C=O) groups is 3. The summed E-state index contributed by atoms with van der Waals surface area (Å²) < 4.78 is 2.22. The largest absolute Gasteiger partial charge is 0.477 e. The Kier molecular flexibility index (Phi) is 10.2. The third-order valence-electron chi connectivity index (χ3n) is 6.37. The van der Waals surface area contributed by atoms with Gasteiger partial charge in [-0.15, -0.1) is 35.3 Å². The molecule has 2 aliphatic rings. The van der Waals surface area contributed by atoms with Gasteiger partial charge in [0.15, 0.2) is 11.4 Å². The lowest BCUT2D eigenvalue weighted by molar-refractivity contribution is -0.708. The van der Waals surface area contributed by atoms with E-state index in [0.29, 0.717) is 38.6 Å². The first-order chi connectivity index (χ1) is 18.6. The minimum absolute atomic E-state index is 0.0178. The Morgan fingerprint density at radius 1 is 1.21 bits per heavy atom. The van der Waals surface area contributed by atoms with Gasteiger partial charge in [0.1, 0.15) is 23.7 Å². The van der Waals surface area contributed by atoms with Crippen molar-refractivity contribution in [3.63, 3.8) is 0 Å². The molecule has 0 radical (unpaired) electrons. The minimum atomic E-state index is -1.14. The average Bonchev–Trinajstić information content (AvgIpc) is 2.89. The molecule has 0 unspecified atom stereocenters. The van der Waals surface area contributed by atoms with Crippen LogP contribution in [0.4, 0.5) is 0 Å². The summed E-state index contributed by atoms with van der Waals surface area (Å²) in [6.07, 6.45) is 0.895. The van der Waals surface area contributed by atoms with E-state index in [4.69, 9.17) is 28.9 Å². The molecular formula is C26H29Cl2N4O4S3+. The van der Waals surface area contributed by atoms with E-state index >= 15 is 0 Å². The molecule has 2 aromatic rings. The van der Waals surface area contributed by atoms with Gasteiger partial charge in [-0.05, 0) is 30.3 Å². The SMILES string of the molecule is Cc1cc(SCC2=C(C(=O)O)N3C(=O)[C@H](NC(=O)CSc4cc(Cl)ccc4Cl)[C@H]3SC2)cc(C)[n+]1CCCN. The first-order valence-electron chi connectivity index (χ1n) is 12.2. The number of nitrogens with zero attached hydrogens (tertiary/aromatic N) is 2. The van der Waals surface area contributed by atoms with Gasteiger partial charge in [-0.25, -0.2) is 9.36 Å². The van der Waals surface area contributed by atoms with Crippen molar-refractivity contribution in [2.45, 2.75) is 48.0 Å². The molecule has 1 saturated heterocycles. The fourth-order valence-electron chi connectivity index (χ4n) is 4.48. The van der Waals surface area contributed by atoms with E-state index in [2.05, 4.69) is 22.0 Å². The molecule has 3 heterocycles. The number of aromatic nitrogens is 1. The lowest BCUT2D eigenvalue weighted by atomic mass is 10.0. The number of amides is 2. The number of aliphatic carboxylic acids is 1. The second-order valence-corrected chi connectivity index (χ2v) is 13.1. The first-order valence-corrected chi connectivity index (χ1v) is 16.0. The molecular weight excluding hydrogens is 599 g/mol. The standard InChI is InChI=1S/C26H28Cl2N4O4S3/c1-14-8-18(9-15(2)31(14)7-3-6-29)37-11-16-12-39-25-22(24(34)32(25)23(16)26(35)36)30-21(33)13-38-20-10-17(27)4-5-19(20)28/h4-5,8-10,22,25H,3,6-7,11-13,29H2,1-2H3,(H-,30,33,35,36)/p+1/t22-,25+/m0/s1. The van der Waals surface area contributed by atoms with Crippen LogP contribution in [0.5, 0.6) is 0 Å². The van der Waals surface area contributed by atoms with E-state index in [-0.39, 0.29) is 17.4 Å². The van der Waals surface area contributed by atoms with Crippen LogP contribution < -0.4 is 15.6 Å². The van der Waals surface area contributed by atoms with Crippen molar-refractivity contribution in [3.8, 4) is 0 Å². The summed E-state index contributed by atoms with van der Waals surface area (Å²) in [6.45, 7) is 5.58. The van der Waals surface area contributed by atoms with Crippen LogP contribution in [0.15, 0.2) is 51.4 Å². The van der Waals surface area contributed by atoms with Crippen LogP contribution in [0.3, 0.4) is 0 Å².